The molecule has 2 aliphatic carbocycles. The summed E-state index contributed by atoms with van der Waals surface area (Å²) in [4.78, 5) is 22.9. The van der Waals surface area contributed by atoms with E-state index in [-0.39, 0.29) is 30.5 Å². The molecule has 1 aromatic rings. The lowest BCUT2D eigenvalue weighted by Crippen LogP contribution is -2.19. The van der Waals surface area contributed by atoms with Gasteiger partial charge < -0.3 is 15.3 Å². The fourth-order valence-electron chi connectivity index (χ4n) is 4.87. The summed E-state index contributed by atoms with van der Waals surface area (Å²) in [5.41, 5.74) is 2.84. The summed E-state index contributed by atoms with van der Waals surface area (Å²) >= 11 is 0. The Balaban J connectivity index is 1.44. The van der Waals surface area contributed by atoms with Crippen molar-refractivity contribution in [2.75, 3.05) is 0 Å². The van der Waals surface area contributed by atoms with Gasteiger partial charge in [0, 0.05) is 24.7 Å². The second-order valence-electron chi connectivity index (χ2n) is 8.99. The van der Waals surface area contributed by atoms with Crippen LogP contribution in [0.3, 0.4) is 0 Å². The Kier molecular flexibility index (Phi) is 8.61. The van der Waals surface area contributed by atoms with Gasteiger partial charge in [0.1, 0.15) is 5.78 Å². The Morgan fingerprint density at radius 1 is 1.13 bits per heavy atom. The molecule has 1 saturated carbocycles. The van der Waals surface area contributed by atoms with Gasteiger partial charge in [-0.15, -0.1) is 0 Å². The minimum Gasteiger partial charge on any atom is -0.481 e. The number of Topliss-reactive ketones (excluding diaryl/α,β-unsaturated/α-hetero) is 1. The van der Waals surface area contributed by atoms with E-state index in [4.69, 9.17) is 5.11 Å². The normalized spacial score (nSPS) is 25.0. The van der Waals surface area contributed by atoms with Gasteiger partial charge in [-0.3, -0.25) is 9.59 Å². The molecule has 0 unspecified atom stereocenters. The molecular formula is C26H34O5. The van der Waals surface area contributed by atoms with Crippen LogP contribution in [0.4, 0.5) is 0 Å². The molecule has 0 aromatic heterocycles. The number of hydrogen-bond donors (Lipinski definition) is 3. The Hall–Kier alpha value is -2.24. The average molecular weight is 427 g/mol. The Bertz CT molecular complexity index is 787. The first kappa shape index (κ1) is 23.4. The van der Waals surface area contributed by atoms with Crippen molar-refractivity contribution in [2.24, 2.45) is 17.8 Å². The van der Waals surface area contributed by atoms with Gasteiger partial charge in [0.2, 0.25) is 0 Å². The van der Waals surface area contributed by atoms with Crippen molar-refractivity contribution >= 4 is 11.8 Å². The van der Waals surface area contributed by atoms with Gasteiger partial charge in [-0.1, -0.05) is 48.6 Å². The minimum absolute atomic E-state index is 0.0199. The van der Waals surface area contributed by atoms with Crippen LogP contribution >= 0.6 is 0 Å². The predicted octanol–water partition coefficient (Wildman–Crippen LogP) is 3.87. The van der Waals surface area contributed by atoms with Crippen LogP contribution < -0.4 is 0 Å². The molecule has 1 aromatic carbocycles. The van der Waals surface area contributed by atoms with Crippen LogP contribution in [0.5, 0.6) is 0 Å². The zero-order valence-electron chi connectivity index (χ0n) is 18.0. The van der Waals surface area contributed by atoms with Crippen molar-refractivity contribution in [3.05, 3.63) is 59.7 Å². The zero-order valence-corrected chi connectivity index (χ0v) is 18.0. The van der Waals surface area contributed by atoms with Gasteiger partial charge in [0.05, 0.1) is 12.2 Å². The highest BCUT2D eigenvalue weighted by molar-refractivity contribution is 5.86. The SMILES string of the molecule is O=C(O)CCCC=CC[C@H]1[C@@H](O)CC(=O)[C@@H]1C=C[C@@H](O)CCC1Cc2ccccc2C1. The van der Waals surface area contributed by atoms with Crippen molar-refractivity contribution in [2.45, 2.75) is 70.0 Å². The van der Waals surface area contributed by atoms with E-state index in [0.29, 0.717) is 31.6 Å². The van der Waals surface area contributed by atoms with E-state index in [1.165, 1.54) is 11.1 Å². The molecule has 31 heavy (non-hydrogen) atoms. The molecule has 1 fully saturated rings. The third-order valence-corrected chi connectivity index (χ3v) is 6.62. The third kappa shape index (κ3) is 6.88. The molecule has 0 heterocycles. The highest BCUT2D eigenvalue weighted by Gasteiger charge is 2.39. The van der Waals surface area contributed by atoms with Crippen LogP contribution in [0.25, 0.3) is 0 Å². The summed E-state index contributed by atoms with van der Waals surface area (Å²) in [6, 6.07) is 8.52. The number of carboxylic acids is 1. The summed E-state index contributed by atoms with van der Waals surface area (Å²) in [5, 5.41) is 29.4. The largest absolute Gasteiger partial charge is 0.481 e. The molecule has 0 amide bonds. The Labute approximate surface area is 184 Å². The number of rotatable bonds is 11. The third-order valence-electron chi connectivity index (χ3n) is 6.62. The molecule has 0 aliphatic heterocycles. The molecule has 168 valence electrons. The summed E-state index contributed by atoms with van der Waals surface area (Å²) < 4.78 is 0. The molecule has 3 N–H and O–H groups in total. The number of benzene rings is 1. The molecular weight excluding hydrogens is 392 g/mol. The van der Waals surface area contributed by atoms with Gasteiger partial charge in [-0.2, -0.15) is 0 Å². The van der Waals surface area contributed by atoms with Gasteiger partial charge in [-0.05, 0) is 62.0 Å². The minimum atomic E-state index is -0.800. The number of carbonyl (C=O) groups is 2. The fourth-order valence-corrected chi connectivity index (χ4v) is 4.87. The zero-order chi connectivity index (χ0) is 22.2. The second kappa shape index (κ2) is 11.4. The maximum atomic E-state index is 12.3. The van der Waals surface area contributed by atoms with Gasteiger partial charge in [-0.25, -0.2) is 0 Å². The summed E-state index contributed by atoms with van der Waals surface area (Å²) in [6.45, 7) is 0. The van der Waals surface area contributed by atoms with Crippen LogP contribution in [0, 0.1) is 17.8 Å². The molecule has 0 radical (unpaired) electrons. The maximum absolute atomic E-state index is 12.3. The standard InChI is InChI=1S/C26H34O5/c27-21(12-11-18-15-19-7-5-6-8-20(19)16-18)13-14-23-22(24(28)17-25(23)29)9-3-1-2-4-10-26(30)31/h1,3,5-8,13-14,18,21-24,27-28H,2,4,9-12,15-17H2,(H,30,31)/t21-,22+,23+,24-/m0/s1. The number of carboxylic acid groups (broad SMARTS) is 1. The fraction of sp³-hybridized carbons (Fsp3) is 0.538. The van der Waals surface area contributed by atoms with Crippen LogP contribution in [0.2, 0.25) is 0 Å². The van der Waals surface area contributed by atoms with E-state index in [1.807, 2.05) is 12.2 Å². The van der Waals surface area contributed by atoms with Crippen LogP contribution in [-0.2, 0) is 22.4 Å². The van der Waals surface area contributed by atoms with Crippen molar-refractivity contribution < 1.29 is 24.9 Å². The van der Waals surface area contributed by atoms with Crippen molar-refractivity contribution in [3.63, 3.8) is 0 Å². The molecule has 0 bridgehead atoms. The van der Waals surface area contributed by atoms with E-state index < -0.39 is 18.2 Å². The number of aliphatic hydroxyl groups is 2. The van der Waals surface area contributed by atoms with Crippen LogP contribution in [0.15, 0.2) is 48.6 Å². The summed E-state index contributed by atoms with van der Waals surface area (Å²) in [7, 11) is 0. The second-order valence-corrected chi connectivity index (χ2v) is 8.99. The van der Waals surface area contributed by atoms with E-state index in [2.05, 4.69) is 24.3 Å². The first-order valence-corrected chi connectivity index (χ1v) is 11.4. The first-order chi connectivity index (χ1) is 14.9. The lowest BCUT2D eigenvalue weighted by Gasteiger charge is -2.17. The number of unbranched alkanes of at least 4 members (excludes halogenated alkanes) is 1. The van der Waals surface area contributed by atoms with E-state index >= 15 is 0 Å². The number of carbonyl (C=O) groups excluding carboxylic acids is 1. The van der Waals surface area contributed by atoms with Gasteiger partial charge in [0.15, 0.2) is 0 Å². The molecule has 4 atom stereocenters. The summed E-state index contributed by atoms with van der Waals surface area (Å²) in [5.74, 6) is -0.771. The molecule has 3 rings (SSSR count). The van der Waals surface area contributed by atoms with E-state index in [1.54, 1.807) is 12.2 Å². The van der Waals surface area contributed by atoms with E-state index in [9.17, 15) is 19.8 Å². The highest BCUT2D eigenvalue weighted by Crippen LogP contribution is 2.34. The number of aliphatic carboxylic acids is 1. The number of ketones is 1. The van der Waals surface area contributed by atoms with Crippen LogP contribution in [-0.4, -0.2) is 39.3 Å². The monoisotopic (exact) mass is 426 g/mol. The van der Waals surface area contributed by atoms with Crippen LogP contribution in [0.1, 0.15) is 56.1 Å². The lowest BCUT2D eigenvalue weighted by molar-refractivity contribution is -0.137. The molecule has 0 saturated heterocycles. The molecule has 5 nitrogen and oxygen atoms in total. The summed E-state index contributed by atoms with van der Waals surface area (Å²) in [6.07, 6.45) is 12.0. The average Bonchev–Trinajstić information content (AvgIpc) is 3.27. The number of fused-ring (bicyclic) bond motifs is 1. The van der Waals surface area contributed by atoms with Crippen molar-refractivity contribution in [1.29, 1.82) is 0 Å². The number of allylic oxidation sites excluding steroid dienone is 3. The first-order valence-electron chi connectivity index (χ1n) is 11.4. The molecule has 0 spiro atoms. The van der Waals surface area contributed by atoms with Gasteiger partial charge >= 0.3 is 5.97 Å². The number of hydrogen-bond acceptors (Lipinski definition) is 4. The Morgan fingerprint density at radius 3 is 2.52 bits per heavy atom. The predicted molar refractivity (Wildman–Crippen MR) is 120 cm³/mol. The van der Waals surface area contributed by atoms with Crippen molar-refractivity contribution in [3.8, 4) is 0 Å². The molecule has 2 aliphatic rings. The molecule has 5 heteroatoms. The topological polar surface area (TPSA) is 94.8 Å². The lowest BCUT2D eigenvalue weighted by atomic mass is 9.89. The maximum Gasteiger partial charge on any atom is 0.303 e. The smallest absolute Gasteiger partial charge is 0.303 e. The number of aliphatic hydroxyl groups excluding tert-OH is 2. The van der Waals surface area contributed by atoms with Gasteiger partial charge in [0.25, 0.3) is 0 Å². The Morgan fingerprint density at radius 2 is 1.84 bits per heavy atom. The quantitative estimate of drug-likeness (QED) is 0.369. The van der Waals surface area contributed by atoms with E-state index in [0.717, 1.165) is 19.3 Å². The van der Waals surface area contributed by atoms with Crippen molar-refractivity contribution in [1.82, 2.24) is 0 Å². The highest BCUT2D eigenvalue weighted by atomic mass is 16.4.